The summed E-state index contributed by atoms with van der Waals surface area (Å²) in [5, 5.41) is 2.89. The van der Waals surface area contributed by atoms with Crippen LogP contribution in [0.4, 0.5) is 5.69 Å². The Morgan fingerprint density at radius 3 is 2.54 bits per heavy atom. The first-order valence-corrected chi connectivity index (χ1v) is 11.9. The fourth-order valence-electron chi connectivity index (χ4n) is 3.23. The van der Waals surface area contributed by atoms with Crippen molar-refractivity contribution in [2.75, 3.05) is 30.4 Å². The van der Waals surface area contributed by atoms with Gasteiger partial charge in [0.2, 0.25) is 5.91 Å². The van der Waals surface area contributed by atoms with E-state index in [-0.39, 0.29) is 30.0 Å². The molecule has 0 spiro atoms. The van der Waals surface area contributed by atoms with Crippen LogP contribution in [0.25, 0.3) is 0 Å². The third-order valence-corrected chi connectivity index (χ3v) is 7.85. The number of anilines is 1. The predicted octanol–water partition coefficient (Wildman–Crippen LogP) is 3.51. The second-order valence-corrected chi connectivity index (χ2v) is 10.8. The van der Waals surface area contributed by atoms with Crippen LogP contribution < -0.4 is 5.32 Å². The molecule has 0 bridgehead atoms. The van der Waals surface area contributed by atoms with Crippen LogP contribution in [0.1, 0.15) is 17.5 Å². The Morgan fingerprint density at radius 1 is 1.18 bits per heavy atom. The largest absolute Gasteiger partial charge is 0.325 e. The molecule has 150 valence electrons. The van der Waals surface area contributed by atoms with Gasteiger partial charge in [-0.25, -0.2) is 8.42 Å². The molecule has 1 unspecified atom stereocenters. The first-order chi connectivity index (χ1) is 13.2. The maximum atomic E-state index is 12.3. The molecular formula is C21H26N2O3S2. The van der Waals surface area contributed by atoms with Crippen molar-refractivity contribution in [3.05, 3.63) is 53.6 Å². The van der Waals surface area contributed by atoms with Gasteiger partial charge in [-0.05, 0) is 68.8 Å². The monoisotopic (exact) mass is 418 g/mol. The summed E-state index contributed by atoms with van der Waals surface area (Å²) >= 11 is 1.71. The van der Waals surface area contributed by atoms with E-state index in [1.807, 2.05) is 29.2 Å². The summed E-state index contributed by atoms with van der Waals surface area (Å²) in [4.78, 5) is 16.5. The summed E-state index contributed by atoms with van der Waals surface area (Å²) in [6.07, 6.45) is 0.594. The zero-order chi connectivity index (χ0) is 20.3. The normalized spacial score (nSPS) is 18.4. The van der Waals surface area contributed by atoms with Crippen LogP contribution in [0.3, 0.4) is 0 Å². The highest BCUT2D eigenvalue weighted by Crippen LogP contribution is 2.31. The number of carbonyl (C=O) groups excluding carboxylic acids is 1. The summed E-state index contributed by atoms with van der Waals surface area (Å²) in [5.74, 6) is 0.214. The highest BCUT2D eigenvalue weighted by atomic mass is 32.2. The maximum absolute atomic E-state index is 12.3. The molecule has 3 rings (SSSR count). The minimum Gasteiger partial charge on any atom is -0.325 e. The average molecular weight is 419 g/mol. The Bertz CT molecular complexity index is 956. The van der Waals surface area contributed by atoms with Gasteiger partial charge in [-0.15, -0.1) is 0 Å². The lowest BCUT2D eigenvalue weighted by Crippen LogP contribution is -2.38. The first kappa shape index (κ1) is 20.9. The van der Waals surface area contributed by atoms with Crippen LogP contribution in [0.2, 0.25) is 0 Å². The van der Waals surface area contributed by atoms with E-state index >= 15 is 0 Å². The van der Waals surface area contributed by atoms with Crippen molar-refractivity contribution in [1.82, 2.24) is 4.90 Å². The fraction of sp³-hybridized carbons (Fsp3) is 0.381. The Kier molecular flexibility index (Phi) is 6.47. The standard InChI is InChI=1S/C21H26N2O3S2/c1-15-4-5-16(2)20(12-15)27-19-8-6-17(7-9-19)22-21(24)13-23(3)18-10-11-28(25,26)14-18/h4-9,12,18H,10-11,13-14H2,1-3H3,(H,22,24). The molecule has 1 atom stereocenters. The smallest absolute Gasteiger partial charge is 0.238 e. The van der Waals surface area contributed by atoms with E-state index in [9.17, 15) is 13.2 Å². The van der Waals surface area contributed by atoms with Gasteiger partial charge in [-0.3, -0.25) is 9.69 Å². The number of nitrogens with one attached hydrogen (secondary N) is 1. The molecule has 1 aliphatic rings. The highest BCUT2D eigenvalue weighted by Gasteiger charge is 2.31. The van der Waals surface area contributed by atoms with E-state index in [0.29, 0.717) is 6.42 Å². The molecule has 0 saturated carbocycles. The zero-order valence-electron chi connectivity index (χ0n) is 16.4. The van der Waals surface area contributed by atoms with Gasteiger partial charge in [0.1, 0.15) is 0 Å². The van der Waals surface area contributed by atoms with E-state index in [4.69, 9.17) is 0 Å². The van der Waals surface area contributed by atoms with Crippen molar-refractivity contribution in [2.45, 2.75) is 36.1 Å². The van der Waals surface area contributed by atoms with Gasteiger partial charge >= 0.3 is 0 Å². The van der Waals surface area contributed by atoms with Gasteiger partial charge in [-0.2, -0.15) is 0 Å². The van der Waals surface area contributed by atoms with E-state index in [1.165, 1.54) is 16.0 Å². The van der Waals surface area contributed by atoms with Crippen LogP contribution in [0, 0.1) is 13.8 Å². The molecular weight excluding hydrogens is 392 g/mol. The number of hydrogen-bond donors (Lipinski definition) is 1. The number of likely N-dealkylation sites (N-methyl/N-ethyl adjacent to an activating group) is 1. The zero-order valence-corrected chi connectivity index (χ0v) is 18.1. The Labute approximate surface area is 171 Å². The molecule has 0 aliphatic carbocycles. The molecule has 7 heteroatoms. The van der Waals surface area contributed by atoms with Crippen LogP contribution in [-0.4, -0.2) is 50.4 Å². The Hall–Kier alpha value is -1.83. The maximum Gasteiger partial charge on any atom is 0.238 e. The minimum absolute atomic E-state index is 0.0768. The number of carbonyl (C=O) groups is 1. The molecule has 1 heterocycles. The van der Waals surface area contributed by atoms with Gasteiger partial charge in [0.05, 0.1) is 18.1 Å². The molecule has 1 N–H and O–H groups in total. The summed E-state index contributed by atoms with van der Waals surface area (Å²) in [6.45, 7) is 4.36. The van der Waals surface area contributed by atoms with Crippen LogP contribution in [-0.2, 0) is 14.6 Å². The molecule has 2 aromatic rings. The Morgan fingerprint density at radius 2 is 1.89 bits per heavy atom. The van der Waals surface area contributed by atoms with Gasteiger partial charge in [0.25, 0.3) is 0 Å². The summed E-state index contributed by atoms with van der Waals surface area (Å²) in [5.41, 5.74) is 3.21. The first-order valence-electron chi connectivity index (χ1n) is 9.27. The van der Waals surface area contributed by atoms with E-state index in [1.54, 1.807) is 18.8 Å². The molecule has 0 aromatic heterocycles. The van der Waals surface area contributed by atoms with Crippen LogP contribution >= 0.6 is 11.8 Å². The number of amides is 1. The lowest BCUT2D eigenvalue weighted by molar-refractivity contribution is -0.117. The SMILES string of the molecule is Cc1ccc(C)c(Sc2ccc(NC(=O)CN(C)C3CCS(=O)(=O)C3)cc2)c1. The molecule has 1 amide bonds. The number of rotatable bonds is 6. The molecule has 5 nitrogen and oxygen atoms in total. The van der Waals surface area contributed by atoms with Crippen molar-refractivity contribution < 1.29 is 13.2 Å². The number of aryl methyl sites for hydroxylation is 2. The summed E-state index contributed by atoms with van der Waals surface area (Å²) in [6, 6.07) is 14.1. The van der Waals surface area contributed by atoms with E-state index in [0.717, 1.165) is 10.6 Å². The van der Waals surface area contributed by atoms with Crippen LogP contribution in [0.5, 0.6) is 0 Å². The topological polar surface area (TPSA) is 66.5 Å². The van der Waals surface area contributed by atoms with Gasteiger partial charge in [0.15, 0.2) is 9.84 Å². The molecule has 0 radical (unpaired) electrons. The molecule has 2 aromatic carbocycles. The van der Waals surface area contributed by atoms with Crippen LogP contribution in [0.15, 0.2) is 52.3 Å². The third kappa shape index (κ3) is 5.59. The van der Waals surface area contributed by atoms with Gasteiger partial charge < -0.3 is 5.32 Å². The predicted molar refractivity (Wildman–Crippen MR) is 115 cm³/mol. The van der Waals surface area contributed by atoms with Crippen molar-refractivity contribution in [1.29, 1.82) is 0 Å². The summed E-state index contributed by atoms with van der Waals surface area (Å²) < 4.78 is 23.2. The van der Waals surface area contributed by atoms with Crippen molar-refractivity contribution in [3.63, 3.8) is 0 Å². The summed E-state index contributed by atoms with van der Waals surface area (Å²) in [7, 11) is -1.15. The van der Waals surface area contributed by atoms with E-state index < -0.39 is 9.84 Å². The quantitative estimate of drug-likeness (QED) is 0.778. The lowest BCUT2D eigenvalue weighted by atomic mass is 10.2. The average Bonchev–Trinajstić information content (AvgIpc) is 3.00. The molecule has 1 aliphatic heterocycles. The number of sulfone groups is 1. The minimum atomic E-state index is -2.95. The molecule has 1 fully saturated rings. The van der Waals surface area contributed by atoms with Crippen molar-refractivity contribution >= 4 is 33.2 Å². The van der Waals surface area contributed by atoms with Gasteiger partial charge in [0, 0.05) is 21.5 Å². The van der Waals surface area contributed by atoms with Gasteiger partial charge in [-0.1, -0.05) is 23.9 Å². The fourth-order valence-corrected chi connectivity index (χ4v) is 6.03. The van der Waals surface area contributed by atoms with Crippen molar-refractivity contribution in [2.24, 2.45) is 0 Å². The number of nitrogens with zero attached hydrogens (tertiary/aromatic N) is 1. The molecule has 28 heavy (non-hydrogen) atoms. The second-order valence-electron chi connectivity index (χ2n) is 7.42. The number of benzene rings is 2. The highest BCUT2D eigenvalue weighted by molar-refractivity contribution is 7.99. The molecule has 1 saturated heterocycles. The second kappa shape index (κ2) is 8.68. The number of hydrogen-bond acceptors (Lipinski definition) is 5. The third-order valence-electron chi connectivity index (χ3n) is 4.93. The Balaban J connectivity index is 1.55. The van der Waals surface area contributed by atoms with Crippen molar-refractivity contribution in [3.8, 4) is 0 Å². The van der Waals surface area contributed by atoms with E-state index in [2.05, 4.69) is 37.4 Å². The lowest BCUT2D eigenvalue weighted by Gasteiger charge is -2.22.